The van der Waals surface area contributed by atoms with E-state index in [9.17, 15) is 0 Å². The van der Waals surface area contributed by atoms with Gasteiger partial charge in [-0.05, 0) is 23.8 Å². The summed E-state index contributed by atoms with van der Waals surface area (Å²) in [5, 5.41) is 0. The minimum Gasteiger partial charge on any atom is -0.488 e. The van der Waals surface area contributed by atoms with Gasteiger partial charge in [-0.1, -0.05) is 25.1 Å². The van der Waals surface area contributed by atoms with Crippen LogP contribution in [0.5, 0.6) is 5.75 Å². The van der Waals surface area contributed by atoms with E-state index >= 15 is 0 Å². The number of furan rings is 1. The van der Waals surface area contributed by atoms with Crippen molar-refractivity contribution < 1.29 is 9.15 Å². The molecule has 0 spiro atoms. The van der Waals surface area contributed by atoms with Crippen LogP contribution in [0.3, 0.4) is 0 Å². The highest BCUT2D eigenvalue weighted by Crippen LogP contribution is 2.33. The molecule has 0 fully saturated rings. The number of ether oxygens (including phenoxy) is 1. The smallest absolute Gasteiger partial charge is 0.125 e. The van der Waals surface area contributed by atoms with Gasteiger partial charge in [0.15, 0.2) is 0 Å². The van der Waals surface area contributed by atoms with Crippen molar-refractivity contribution in [2.45, 2.75) is 31.9 Å². The summed E-state index contributed by atoms with van der Waals surface area (Å²) in [6.45, 7) is 2.07. The second-order valence-corrected chi connectivity index (χ2v) is 4.65. The summed E-state index contributed by atoms with van der Waals surface area (Å²) in [7, 11) is 0. The first kappa shape index (κ1) is 11.4. The van der Waals surface area contributed by atoms with Crippen molar-refractivity contribution in [3.05, 3.63) is 53.5 Å². The summed E-state index contributed by atoms with van der Waals surface area (Å²) in [4.78, 5) is 0. The van der Waals surface area contributed by atoms with E-state index in [0.29, 0.717) is 0 Å². The number of para-hydroxylation sites is 1. The molecule has 0 aliphatic carbocycles. The van der Waals surface area contributed by atoms with E-state index < -0.39 is 0 Å². The predicted octanol–water partition coefficient (Wildman–Crippen LogP) is 2.85. The monoisotopic (exact) mass is 243 g/mol. The third-order valence-electron chi connectivity index (χ3n) is 3.43. The minimum absolute atomic E-state index is 0.0294. The van der Waals surface area contributed by atoms with Gasteiger partial charge in [-0.25, -0.2) is 0 Å². The zero-order chi connectivity index (χ0) is 12.5. The van der Waals surface area contributed by atoms with Crippen molar-refractivity contribution in [1.82, 2.24) is 0 Å². The summed E-state index contributed by atoms with van der Waals surface area (Å²) in [5.74, 6) is 2.72. The molecule has 3 rings (SSSR count). The van der Waals surface area contributed by atoms with Gasteiger partial charge in [0.1, 0.15) is 29.4 Å². The summed E-state index contributed by atoms with van der Waals surface area (Å²) < 4.78 is 11.6. The maximum Gasteiger partial charge on any atom is 0.125 e. The van der Waals surface area contributed by atoms with Gasteiger partial charge in [-0.3, -0.25) is 0 Å². The van der Waals surface area contributed by atoms with Crippen LogP contribution < -0.4 is 10.5 Å². The minimum atomic E-state index is -0.210. The summed E-state index contributed by atoms with van der Waals surface area (Å²) >= 11 is 0. The molecule has 1 aliphatic heterocycles. The molecule has 3 heteroatoms. The number of rotatable bonds is 3. The van der Waals surface area contributed by atoms with Gasteiger partial charge in [0.05, 0.1) is 0 Å². The van der Waals surface area contributed by atoms with Gasteiger partial charge in [0, 0.05) is 12.8 Å². The quantitative estimate of drug-likeness (QED) is 0.901. The van der Waals surface area contributed by atoms with Crippen molar-refractivity contribution in [3.8, 4) is 5.75 Å². The molecule has 0 amide bonds. The van der Waals surface area contributed by atoms with Crippen LogP contribution in [0, 0.1) is 0 Å². The molecule has 2 unspecified atom stereocenters. The SMILES string of the molecule is CCc1ccc(C(N)C2Cc3ccccc3O2)o1. The van der Waals surface area contributed by atoms with Crippen molar-refractivity contribution in [2.24, 2.45) is 5.73 Å². The third-order valence-corrected chi connectivity index (χ3v) is 3.43. The highest BCUT2D eigenvalue weighted by Gasteiger charge is 2.30. The predicted molar refractivity (Wildman–Crippen MR) is 69.6 cm³/mol. The van der Waals surface area contributed by atoms with Crippen molar-refractivity contribution in [1.29, 1.82) is 0 Å². The number of hydrogen-bond acceptors (Lipinski definition) is 3. The Hall–Kier alpha value is -1.74. The lowest BCUT2D eigenvalue weighted by Crippen LogP contribution is -2.29. The fourth-order valence-corrected chi connectivity index (χ4v) is 2.36. The lowest BCUT2D eigenvalue weighted by atomic mass is 10.0. The highest BCUT2D eigenvalue weighted by atomic mass is 16.5. The average Bonchev–Trinajstić information content (AvgIpc) is 3.04. The van der Waals surface area contributed by atoms with Crippen LogP contribution in [0.15, 0.2) is 40.8 Å². The maximum atomic E-state index is 6.23. The van der Waals surface area contributed by atoms with E-state index in [1.807, 2.05) is 30.3 Å². The van der Waals surface area contributed by atoms with E-state index in [2.05, 4.69) is 13.0 Å². The van der Waals surface area contributed by atoms with Crippen LogP contribution in [0.25, 0.3) is 0 Å². The molecule has 2 N–H and O–H groups in total. The second kappa shape index (κ2) is 4.50. The summed E-state index contributed by atoms with van der Waals surface area (Å²) in [6, 6.07) is 11.8. The lowest BCUT2D eigenvalue weighted by Gasteiger charge is -2.16. The zero-order valence-corrected chi connectivity index (χ0v) is 10.4. The lowest BCUT2D eigenvalue weighted by molar-refractivity contribution is 0.185. The van der Waals surface area contributed by atoms with Crippen LogP contribution >= 0.6 is 0 Å². The van der Waals surface area contributed by atoms with Crippen molar-refractivity contribution in [2.75, 3.05) is 0 Å². The highest BCUT2D eigenvalue weighted by molar-refractivity contribution is 5.38. The molecular weight excluding hydrogens is 226 g/mol. The molecule has 1 aliphatic rings. The van der Waals surface area contributed by atoms with Crippen molar-refractivity contribution >= 4 is 0 Å². The van der Waals surface area contributed by atoms with Gasteiger partial charge in [0.25, 0.3) is 0 Å². The van der Waals surface area contributed by atoms with Gasteiger partial charge < -0.3 is 14.9 Å². The van der Waals surface area contributed by atoms with E-state index in [1.165, 1.54) is 5.56 Å². The van der Waals surface area contributed by atoms with Gasteiger partial charge in [-0.2, -0.15) is 0 Å². The summed E-state index contributed by atoms with van der Waals surface area (Å²) in [6.07, 6.45) is 1.70. The van der Waals surface area contributed by atoms with Crippen molar-refractivity contribution in [3.63, 3.8) is 0 Å². The summed E-state index contributed by atoms with van der Waals surface area (Å²) in [5.41, 5.74) is 7.45. The third kappa shape index (κ3) is 1.91. The Bertz CT molecular complexity index is 522. The molecule has 3 nitrogen and oxygen atoms in total. The molecule has 0 saturated heterocycles. The fourth-order valence-electron chi connectivity index (χ4n) is 2.36. The number of nitrogens with two attached hydrogens (primary N) is 1. The van der Waals surface area contributed by atoms with Gasteiger partial charge in [-0.15, -0.1) is 0 Å². The Morgan fingerprint density at radius 3 is 2.83 bits per heavy atom. The Morgan fingerprint density at radius 2 is 2.11 bits per heavy atom. The largest absolute Gasteiger partial charge is 0.488 e. The molecule has 0 saturated carbocycles. The molecule has 94 valence electrons. The molecule has 18 heavy (non-hydrogen) atoms. The molecule has 0 radical (unpaired) electrons. The van der Waals surface area contributed by atoms with E-state index in [-0.39, 0.29) is 12.1 Å². The molecule has 1 aromatic heterocycles. The number of benzene rings is 1. The van der Waals surface area contributed by atoms with E-state index in [4.69, 9.17) is 14.9 Å². The Kier molecular flexibility index (Phi) is 2.84. The van der Waals surface area contributed by atoms with Crippen LogP contribution in [0.2, 0.25) is 0 Å². The molecule has 1 aromatic carbocycles. The maximum absolute atomic E-state index is 6.23. The molecule has 2 aromatic rings. The van der Waals surface area contributed by atoms with Crippen LogP contribution in [0.4, 0.5) is 0 Å². The Labute approximate surface area is 107 Å². The first-order valence-corrected chi connectivity index (χ1v) is 6.36. The van der Waals surface area contributed by atoms with Crippen LogP contribution in [-0.4, -0.2) is 6.10 Å². The molecule has 0 bridgehead atoms. The van der Waals surface area contributed by atoms with Crippen LogP contribution in [0.1, 0.15) is 30.0 Å². The number of hydrogen-bond donors (Lipinski definition) is 1. The number of fused-ring (bicyclic) bond motifs is 1. The Balaban J connectivity index is 1.77. The molecule has 2 atom stereocenters. The average molecular weight is 243 g/mol. The zero-order valence-electron chi connectivity index (χ0n) is 10.4. The van der Waals surface area contributed by atoms with Crippen LogP contribution in [-0.2, 0) is 12.8 Å². The van der Waals surface area contributed by atoms with E-state index in [0.717, 1.165) is 30.1 Å². The number of aryl methyl sites for hydroxylation is 1. The standard InChI is InChI=1S/C15H17NO2/c1-2-11-7-8-13(17-11)15(16)14-9-10-5-3-4-6-12(10)18-14/h3-8,14-15H,2,9,16H2,1H3. The van der Waals surface area contributed by atoms with E-state index in [1.54, 1.807) is 0 Å². The first-order chi connectivity index (χ1) is 8.78. The molecule has 2 heterocycles. The topological polar surface area (TPSA) is 48.4 Å². The Morgan fingerprint density at radius 1 is 1.28 bits per heavy atom. The first-order valence-electron chi connectivity index (χ1n) is 6.36. The normalized spacial score (nSPS) is 19.3. The second-order valence-electron chi connectivity index (χ2n) is 4.65. The van der Waals surface area contributed by atoms with Gasteiger partial charge >= 0.3 is 0 Å². The fraction of sp³-hybridized carbons (Fsp3) is 0.333. The molecular formula is C15H17NO2. The van der Waals surface area contributed by atoms with Gasteiger partial charge in [0.2, 0.25) is 0 Å².